The number of hydrogen-bond acceptors (Lipinski definition) is 9. The second-order valence-corrected chi connectivity index (χ2v) is 8.68. The molecule has 0 unspecified atom stereocenters. The summed E-state index contributed by atoms with van der Waals surface area (Å²) in [7, 11) is -4.00. The quantitative estimate of drug-likeness (QED) is 0.402. The summed E-state index contributed by atoms with van der Waals surface area (Å²) in [5.41, 5.74) is 8.76. The molecule has 0 amide bonds. The summed E-state index contributed by atoms with van der Waals surface area (Å²) in [6, 6.07) is 3.86. The highest BCUT2D eigenvalue weighted by Gasteiger charge is 2.20. The predicted octanol–water partition coefficient (Wildman–Crippen LogP) is 1.09. The monoisotopic (exact) mass is 446 g/mol. The summed E-state index contributed by atoms with van der Waals surface area (Å²) in [6.07, 6.45) is 8.24. The van der Waals surface area contributed by atoms with Crippen molar-refractivity contribution in [3.63, 3.8) is 0 Å². The molecule has 0 aliphatic carbocycles. The number of fused-ring (bicyclic) bond motifs is 2. The molecule has 2 aromatic heterocycles. The van der Waals surface area contributed by atoms with Gasteiger partial charge in [-0.3, -0.25) is 4.18 Å². The van der Waals surface area contributed by atoms with Crippen molar-refractivity contribution < 1.29 is 17.3 Å². The Hall–Kier alpha value is -2.85. The maximum Gasteiger partial charge on any atom is 0.333 e. The number of nitrogen functional groups attached to an aromatic ring is 1. The number of imidazole rings is 1. The van der Waals surface area contributed by atoms with Gasteiger partial charge >= 0.3 is 10.3 Å². The lowest BCUT2D eigenvalue weighted by Crippen LogP contribution is -2.17. The van der Waals surface area contributed by atoms with Crippen LogP contribution in [0.2, 0.25) is 0 Å². The van der Waals surface area contributed by atoms with Crippen LogP contribution in [0.1, 0.15) is 17.5 Å². The SMILES string of the molecule is C#Cc1cc2c(cc1Sc1nc3c(N)ncnc3n1CCCOS(N)(=O)=O)OCC2. The largest absolute Gasteiger partial charge is 0.493 e. The molecular weight excluding hydrogens is 428 g/mol. The van der Waals surface area contributed by atoms with Gasteiger partial charge in [-0.2, -0.15) is 8.42 Å². The van der Waals surface area contributed by atoms with E-state index in [1.165, 1.54) is 18.1 Å². The molecule has 0 fully saturated rings. The molecule has 0 atom stereocenters. The van der Waals surface area contributed by atoms with Crippen LogP contribution in [-0.4, -0.2) is 41.2 Å². The first kappa shape index (κ1) is 20.4. The minimum absolute atomic E-state index is 0.0779. The molecule has 156 valence electrons. The van der Waals surface area contributed by atoms with Gasteiger partial charge in [0.15, 0.2) is 22.1 Å². The van der Waals surface area contributed by atoms with Crippen molar-refractivity contribution in [1.29, 1.82) is 0 Å². The lowest BCUT2D eigenvalue weighted by atomic mass is 10.1. The van der Waals surface area contributed by atoms with Crippen molar-refractivity contribution in [1.82, 2.24) is 19.5 Å². The van der Waals surface area contributed by atoms with Crippen LogP contribution in [0, 0.1) is 12.3 Å². The molecule has 1 aliphatic heterocycles. The molecule has 3 heterocycles. The molecule has 1 aliphatic rings. The van der Waals surface area contributed by atoms with Gasteiger partial charge in [0.1, 0.15) is 12.1 Å². The Balaban J connectivity index is 1.68. The predicted molar refractivity (Wildman–Crippen MR) is 111 cm³/mol. The van der Waals surface area contributed by atoms with E-state index in [0.717, 1.165) is 28.2 Å². The van der Waals surface area contributed by atoms with Crippen molar-refractivity contribution >= 4 is 39.0 Å². The van der Waals surface area contributed by atoms with Gasteiger partial charge in [-0.1, -0.05) is 17.7 Å². The third-order valence-corrected chi connectivity index (χ3v) is 5.99. The smallest absolute Gasteiger partial charge is 0.333 e. The molecule has 0 saturated heterocycles. The summed E-state index contributed by atoms with van der Waals surface area (Å²) in [5, 5.41) is 5.46. The zero-order valence-corrected chi connectivity index (χ0v) is 17.4. The van der Waals surface area contributed by atoms with Crippen molar-refractivity contribution in [2.24, 2.45) is 5.14 Å². The molecule has 0 bridgehead atoms. The zero-order chi connectivity index (χ0) is 21.3. The number of benzene rings is 1. The average molecular weight is 447 g/mol. The van der Waals surface area contributed by atoms with Crippen molar-refractivity contribution in [2.45, 2.75) is 29.4 Å². The molecule has 4 N–H and O–H groups in total. The molecule has 12 heteroatoms. The van der Waals surface area contributed by atoms with Gasteiger partial charge in [0.25, 0.3) is 0 Å². The molecular formula is C18H18N6O4S2. The fraction of sp³-hybridized carbons (Fsp3) is 0.278. The van der Waals surface area contributed by atoms with E-state index < -0.39 is 10.3 Å². The van der Waals surface area contributed by atoms with Crippen LogP contribution in [0.25, 0.3) is 11.2 Å². The number of terminal acetylenes is 1. The first-order chi connectivity index (χ1) is 14.4. The number of ether oxygens (including phenoxy) is 1. The summed E-state index contributed by atoms with van der Waals surface area (Å²) in [4.78, 5) is 13.7. The lowest BCUT2D eigenvalue weighted by molar-refractivity contribution is 0.303. The van der Waals surface area contributed by atoms with E-state index in [-0.39, 0.29) is 12.4 Å². The normalized spacial score (nSPS) is 13.2. The van der Waals surface area contributed by atoms with Crippen LogP contribution in [0.4, 0.5) is 5.82 Å². The van der Waals surface area contributed by atoms with E-state index in [0.29, 0.717) is 35.9 Å². The van der Waals surface area contributed by atoms with Gasteiger partial charge in [-0.15, -0.1) is 6.42 Å². The van der Waals surface area contributed by atoms with Crippen LogP contribution in [0.3, 0.4) is 0 Å². The Bertz CT molecular complexity index is 1270. The van der Waals surface area contributed by atoms with E-state index >= 15 is 0 Å². The van der Waals surface area contributed by atoms with E-state index in [9.17, 15) is 8.42 Å². The molecule has 1 aromatic carbocycles. The number of hydrogen-bond donors (Lipinski definition) is 2. The highest BCUT2D eigenvalue weighted by Crippen LogP contribution is 2.38. The maximum atomic E-state index is 11.0. The molecule has 0 spiro atoms. The molecule has 10 nitrogen and oxygen atoms in total. The van der Waals surface area contributed by atoms with E-state index in [1.807, 2.05) is 16.7 Å². The number of aryl methyl sites for hydroxylation is 1. The van der Waals surface area contributed by atoms with Crippen LogP contribution < -0.4 is 15.6 Å². The average Bonchev–Trinajstić information content (AvgIpc) is 3.29. The van der Waals surface area contributed by atoms with Gasteiger partial charge in [0.05, 0.1) is 13.2 Å². The minimum atomic E-state index is -4.00. The van der Waals surface area contributed by atoms with Crippen LogP contribution in [-0.2, 0) is 27.5 Å². The molecule has 3 aromatic rings. The zero-order valence-electron chi connectivity index (χ0n) is 15.7. The number of nitrogens with two attached hydrogens (primary N) is 2. The Morgan fingerprint density at radius 1 is 1.37 bits per heavy atom. The van der Waals surface area contributed by atoms with Crippen molar-refractivity contribution in [3.05, 3.63) is 29.6 Å². The number of nitrogens with zero attached hydrogens (tertiary/aromatic N) is 4. The van der Waals surface area contributed by atoms with Crippen molar-refractivity contribution in [3.8, 4) is 18.1 Å². The number of rotatable bonds is 7. The first-order valence-electron chi connectivity index (χ1n) is 8.94. The van der Waals surface area contributed by atoms with Crippen molar-refractivity contribution in [2.75, 3.05) is 18.9 Å². The Kier molecular flexibility index (Phi) is 5.52. The Morgan fingerprint density at radius 3 is 2.97 bits per heavy atom. The van der Waals surface area contributed by atoms with Crippen LogP contribution in [0.5, 0.6) is 5.75 Å². The molecule has 0 saturated carbocycles. The summed E-state index contributed by atoms with van der Waals surface area (Å²) in [6.45, 7) is 0.922. The minimum Gasteiger partial charge on any atom is -0.493 e. The molecule has 4 rings (SSSR count). The summed E-state index contributed by atoms with van der Waals surface area (Å²) >= 11 is 1.35. The Morgan fingerprint density at radius 2 is 2.20 bits per heavy atom. The molecule has 30 heavy (non-hydrogen) atoms. The second-order valence-electron chi connectivity index (χ2n) is 6.45. The van der Waals surface area contributed by atoms with E-state index in [2.05, 4.69) is 25.1 Å². The fourth-order valence-electron chi connectivity index (χ4n) is 3.11. The second kappa shape index (κ2) is 8.11. The fourth-order valence-corrected chi connectivity index (χ4v) is 4.48. The third-order valence-electron chi connectivity index (χ3n) is 4.45. The van der Waals surface area contributed by atoms with E-state index in [4.69, 9.17) is 22.0 Å². The third kappa shape index (κ3) is 4.19. The van der Waals surface area contributed by atoms with Gasteiger partial charge in [-0.25, -0.2) is 20.1 Å². The van der Waals surface area contributed by atoms with Crippen LogP contribution >= 0.6 is 11.8 Å². The standard InChI is InChI=1S/C18H18N6O4S2/c1-2-11-8-12-4-7-27-13(12)9-14(11)29-18-23-15-16(19)21-10-22-17(15)24(18)5-3-6-28-30(20,25)26/h1,8-10H,3-7H2,(H2,19,21,22)(H2,20,25,26). The highest BCUT2D eigenvalue weighted by atomic mass is 32.2. The number of aromatic nitrogens is 4. The summed E-state index contributed by atoms with van der Waals surface area (Å²) < 4.78 is 34.1. The first-order valence-corrected chi connectivity index (χ1v) is 11.2. The lowest BCUT2D eigenvalue weighted by Gasteiger charge is -2.10. The van der Waals surface area contributed by atoms with Gasteiger partial charge < -0.3 is 15.0 Å². The van der Waals surface area contributed by atoms with Gasteiger partial charge in [-0.05, 0) is 24.1 Å². The topological polar surface area (TPSA) is 148 Å². The van der Waals surface area contributed by atoms with Crippen LogP contribution in [0.15, 0.2) is 28.5 Å². The van der Waals surface area contributed by atoms with E-state index in [1.54, 1.807) is 0 Å². The molecule has 0 radical (unpaired) electrons. The van der Waals surface area contributed by atoms with Gasteiger partial charge in [0.2, 0.25) is 0 Å². The summed E-state index contributed by atoms with van der Waals surface area (Å²) in [5.74, 6) is 3.76. The highest BCUT2D eigenvalue weighted by molar-refractivity contribution is 7.99. The maximum absolute atomic E-state index is 11.0. The van der Waals surface area contributed by atoms with Gasteiger partial charge in [0, 0.05) is 23.4 Å². The number of anilines is 1. The Labute approximate surface area is 177 Å².